The molecule has 2 N–H and O–H groups in total. The molecule has 1 aromatic carbocycles. The van der Waals surface area contributed by atoms with E-state index in [0.29, 0.717) is 0 Å². The highest BCUT2D eigenvalue weighted by molar-refractivity contribution is 6.06. The van der Waals surface area contributed by atoms with Crippen LogP contribution in [0.25, 0.3) is 0 Å². The molecule has 4 aliphatic heterocycles. The van der Waals surface area contributed by atoms with Crippen molar-refractivity contribution in [2.75, 3.05) is 43.4 Å². The van der Waals surface area contributed by atoms with Crippen molar-refractivity contribution in [3.05, 3.63) is 24.3 Å². The minimum atomic E-state index is -0.422. The van der Waals surface area contributed by atoms with Gasteiger partial charge in [-0.1, -0.05) is 18.6 Å². The monoisotopic (exact) mass is 368 g/mol. The zero-order valence-corrected chi connectivity index (χ0v) is 16.3. The second-order valence-electron chi connectivity index (χ2n) is 9.01. The Morgan fingerprint density at radius 1 is 0.963 bits per heavy atom. The molecule has 4 aliphatic rings. The molecule has 1 amide bonds. The molecule has 5 nitrogen and oxygen atoms in total. The number of anilines is 2. The zero-order chi connectivity index (χ0) is 18.3. The molecule has 0 radical (unpaired) electrons. The third-order valence-corrected chi connectivity index (χ3v) is 7.41. The van der Waals surface area contributed by atoms with Crippen molar-refractivity contribution in [2.45, 2.75) is 56.5 Å². The van der Waals surface area contributed by atoms with Gasteiger partial charge in [-0.05, 0) is 69.7 Å². The number of piperidine rings is 3. The summed E-state index contributed by atoms with van der Waals surface area (Å²) < 4.78 is 0. The van der Waals surface area contributed by atoms with Gasteiger partial charge in [0, 0.05) is 25.7 Å². The van der Waals surface area contributed by atoms with E-state index in [9.17, 15) is 4.79 Å². The van der Waals surface area contributed by atoms with Gasteiger partial charge in [-0.15, -0.1) is 0 Å². The van der Waals surface area contributed by atoms with Crippen LogP contribution in [-0.2, 0) is 4.79 Å². The fourth-order valence-corrected chi connectivity index (χ4v) is 5.85. The second kappa shape index (κ2) is 7.10. The van der Waals surface area contributed by atoms with Gasteiger partial charge in [0.2, 0.25) is 5.91 Å². The van der Waals surface area contributed by atoms with Gasteiger partial charge in [-0.3, -0.25) is 4.79 Å². The average Bonchev–Trinajstić information content (AvgIpc) is 2.71. The van der Waals surface area contributed by atoms with Crippen molar-refractivity contribution < 1.29 is 4.79 Å². The molecule has 1 aromatic rings. The minimum Gasteiger partial charge on any atom is -0.369 e. The summed E-state index contributed by atoms with van der Waals surface area (Å²) in [7, 11) is 0. The summed E-state index contributed by atoms with van der Waals surface area (Å²) in [5, 5.41) is 6.71. The van der Waals surface area contributed by atoms with E-state index in [-0.39, 0.29) is 5.91 Å². The summed E-state index contributed by atoms with van der Waals surface area (Å²) in [6.07, 6.45) is 8.72. The van der Waals surface area contributed by atoms with E-state index in [2.05, 4.69) is 26.5 Å². The largest absolute Gasteiger partial charge is 0.369 e. The number of amides is 1. The summed E-state index contributed by atoms with van der Waals surface area (Å²) in [5.41, 5.74) is 1.56. The molecule has 0 unspecified atom stereocenters. The number of fused-ring (bicyclic) bond motifs is 2. The Balaban J connectivity index is 1.22. The summed E-state index contributed by atoms with van der Waals surface area (Å²) in [4.78, 5) is 18.2. The zero-order valence-electron chi connectivity index (χ0n) is 16.3. The molecule has 27 heavy (non-hydrogen) atoms. The molecule has 0 bridgehead atoms. The van der Waals surface area contributed by atoms with Gasteiger partial charge in [0.15, 0.2) is 0 Å². The maximum atomic E-state index is 12.8. The lowest BCUT2D eigenvalue weighted by molar-refractivity contribution is -0.122. The summed E-state index contributed by atoms with van der Waals surface area (Å²) in [5.74, 6) is 0.971. The molecule has 0 aromatic heterocycles. The van der Waals surface area contributed by atoms with Crippen LogP contribution in [0, 0.1) is 5.92 Å². The Labute approximate surface area is 162 Å². The van der Waals surface area contributed by atoms with Gasteiger partial charge >= 0.3 is 0 Å². The highest BCUT2D eigenvalue weighted by Crippen LogP contribution is 2.37. The number of likely N-dealkylation sites (tertiary alicyclic amines) is 1. The predicted octanol–water partition coefficient (Wildman–Crippen LogP) is 3.15. The molecule has 5 heteroatoms. The van der Waals surface area contributed by atoms with Crippen LogP contribution in [0.5, 0.6) is 0 Å². The van der Waals surface area contributed by atoms with Crippen molar-refractivity contribution in [1.29, 1.82) is 0 Å². The molecule has 1 spiro atoms. The first-order valence-corrected chi connectivity index (χ1v) is 10.9. The topological polar surface area (TPSA) is 47.6 Å². The number of rotatable bonds is 2. The molecule has 0 saturated carbocycles. The molecule has 3 saturated heterocycles. The average molecular weight is 369 g/mol. The van der Waals surface area contributed by atoms with Crippen LogP contribution in [0.4, 0.5) is 11.4 Å². The molecule has 4 heterocycles. The number of benzene rings is 1. The Kier molecular flexibility index (Phi) is 4.60. The van der Waals surface area contributed by atoms with Crippen LogP contribution in [0.2, 0.25) is 0 Å². The van der Waals surface area contributed by atoms with E-state index in [1.165, 1.54) is 51.7 Å². The van der Waals surface area contributed by atoms with Crippen LogP contribution in [0.15, 0.2) is 24.3 Å². The molecule has 3 fully saturated rings. The van der Waals surface area contributed by atoms with Gasteiger partial charge in [0.05, 0.1) is 11.4 Å². The summed E-state index contributed by atoms with van der Waals surface area (Å²) >= 11 is 0. The van der Waals surface area contributed by atoms with E-state index in [1.807, 2.05) is 18.2 Å². The van der Waals surface area contributed by atoms with Crippen molar-refractivity contribution in [3.8, 4) is 0 Å². The van der Waals surface area contributed by atoms with Crippen LogP contribution in [0.3, 0.4) is 0 Å². The van der Waals surface area contributed by atoms with Gasteiger partial charge in [0.1, 0.15) is 5.54 Å². The lowest BCUT2D eigenvalue weighted by Crippen LogP contribution is -2.59. The quantitative estimate of drug-likeness (QED) is 0.842. The number of nitrogens with zero attached hydrogens (tertiary/aromatic N) is 2. The van der Waals surface area contributed by atoms with E-state index in [0.717, 1.165) is 49.3 Å². The lowest BCUT2D eigenvalue weighted by atomic mass is 9.81. The maximum Gasteiger partial charge on any atom is 0.250 e. The van der Waals surface area contributed by atoms with Crippen LogP contribution in [0.1, 0.15) is 44.9 Å². The molecular formula is C22H32N4O. The number of hydrogen-bond donors (Lipinski definition) is 2. The van der Waals surface area contributed by atoms with E-state index in [1.54, 1.807) is 0 Å². The first-order chi connectivity index (χ1) is 13.2. The number of para-hydroxylation sites is 2. The standard InChI is InChI=1S/C22H32N4O/c27-21-22(24-19-8-2-1-7-18(19)23-21)10-14-25(15-11-22)16-17-6-5-13-26-12-4-3-9-20(17)26/h1-2,7-8,17,20,24H,3-6,9-16H2,(H,23,27)/t17-,20+/m0/s1. The minimum absolute atomic E-state index is 0.150. The van der Waals surface area contributed by atoms with Crippen LogP contribution < -0.4 is 10.6 Å². The normalized spacial score (nSPS) is 30.9. The summed E-state index contributed by atoms with van der Waals surface area (Å²) in [6, 6.07) is 8.86. The van der Waals surface area contributed by atoms with E-state index >= 15 is 0 Å². The molecule has 5 rings (SSSR count). The van der Waals surface area contributed by atoms with E-state index in [4.69, 9.17) is 0 Å². The van der Waals surface area contributed by atoms with Gasteiger partial charge < -0.3 is 20.4 Å². The second-order valence-corrected chi connectivity index (χ2v) is 9.01. The number of carbonyl (C=O) groups is 1. The molecule has 0 aliphatic carbocycles. The smallest absolute Gasteiger partial charge is 0.250 e. The fraction of sp³-hybridized carbons (Fsp3) is 0.682. The van der Waals surface area contributed by atoms with Crippen LogP contribution in [-0.4, -0.2) is 60.0 Å². The fourth-order valence-electron chi connectivity index (χ4n) is 5.85. The maximum absolute atomic E-state index is 12.8. The third-order valence-electron chi connectivity index (χ3n) is 7.41. The van der Waals surface area contributed by atoms with Crippen LogP contribution >= 0.6 is 0 Å². The first kappa shape index (κ1) is 17.5. The number of carbonyl (C=O) groups excluding carboxylic acids is 1. The van der Waals surface area contributed by atoms with Gasteiger partial charge in [0.25, 0.3) is 0 Å². The molecular weight excluding hydrogens is 336 g/mol. The Morgan fingerprint density at radius 3 is 2.59 bits per heavy atom. The van der Waals surface area contributed by atoms with Crippen molar-refractivity contribution >= 4 is 17.3 Å². The number of hydrogen-bond acceptors (Lipinski definition) is 4. The van der Waals surface area contributed by atoms with E-state index < -0.39 is 5.54 Å². The lowest BCUT2D eigenvalue weighted by Gasteiger charge is -2.48. The Morgan fingerprint density at radius 2 is 1.74 bits per heavy atom. The van der Waals surface area contributed by atoms with Crippen molar-refractivity contribution in [2.24, 2.45) is 5.92 Å². The Hall–Kier alpha value is -1.59. The predicted molar refractivity (Wildman–Crippen MR) is 109 cm³/mol. The van der Waals surface area contributed by atoms with Gasteiger partial charge in [-0.25, -0.2) is 0 Å². The van der Waals surface area contributed by atoms with Gasteiger partial charge in [-0.2, -0.15) is 0 Å². The molecule has 146 valence electrons. The first-order valence-electron chi connectivity index (χ1n) is 10.9. The Bertz CT molecular complexity index is 695. The highest BCUT2D eigenvalue weighted by Gasteiger charge is 2.45. The van der Waals surface area contributed by atoms with Crippen molar-refractivity contribution in [1.82, 2.24) is 9.80 Å². The summed E-state index contributed by atoms with van der Waals surface area (Å²) in [6.45, 7) is 5.88. The van der Waals surface area contributed by atoms with Crippen molar-refractivity contribution in [3.63, 3.8) is 0 Å². The molecule has 2 atom stereocenters. The third kappa shape index (κ3) is 3.25. The highest BCUT2D eigenvalue weighted by atomic mass is 16.2. The number of nitrogens with one attached hydrogen (secondary N) is 2. The SMILES string of the molecule is O=C1Nc2ccccc2NC12CCN(C[C@@H]1CCCN3CCCC[C@H]13)CC2.